The van der Waals surface area contributed by atoms with Gasteiger partial charge in [0.05, 0.1) is 6.61 Å². The third-order valence-electron chi connectivity index (χ3n) is 2.36. The molecule has 0 bridgehead atoms. The number of unbranched alkanes of at least 4 members (excludes halogenated alkanes) is 5. The molecule has 4 heteroatoms. The van der Waals surface area contributed by atoms with Crippen LogP contribution in [0.4, 0.5) is 0 Å². The average Bonchev–Trinajstić information content (AvgIpc) is 2.35. The van der Waals surface area contributed by atoms with E-state index in [4.69, 9.17) is 14.7 Å². The summed E-state index contributed by atoms with van der Waals surface area (Å²) in [7, 11) is 1.71. The zero-order chi connectivity index (χ0) is 12.9. The van der Waals surface area contributed by atoms with E-state index in [2.05, 4.69) is 6.58 Å². The molecule has 0 amide bonds. The Balaban J connectivity index is 3.22. The van der Waals surface area contributed by atoms with E-state index < -0.39 is 5.97 Å². The van der Waals surface area contributed by atoms with Crippen LogP contribution in [0.5, 0.6) is 0 Å². The second kappa shape index (κ2) is 11.2. The normalized spacial score (nSPS) is 9.65. The minimum atomic E-state index is -0.604. The summed E-state index contributed by atoms with van der Waals surface area (Å²) in [4.78, 5) is 11.0. The lowest BCUT2D eigenvalue weighted by Gasteiger charge is -2.03. The third kappa shape index (κ3) is 9.58. The van der Waals surface area contributed by atoms with Crippen LogP contribution >= 0.6 is 0 Å². The van der Waals surface area contributed by atoms with Gasteiger partial charge in [-0.1, -0.05) is 32.3 Å². The lowest BCUT2D eigenvalue weighted by molar-refractivity contribution is -0.138. The third-order valence-corrected chi connectivity index (χ3v) is 2.36. The van der Waals surface area contributed by atoms with Gasteiger partial charge in [-0.15, -0.1) is 0 Å². The monoisotopic (exact) mass is 239 g/mol. The van der Waals surface area contributed by atoms with Gasteiger partial charge in [0.2, 0.25) is 0 Å². The molecule has 4 nitrogen and oxygen atoms in total. The van der Waals surface area contributed by atoms with Gasteiger partial charge < -0.3 is 9.47 Å². The molecule has 0 unspecified atom stereocenters. The number of nitrogens with zero attached hydrogens (tertiary/aromatic N) is 1. The Morgan fingerprint density at radius 3 is 2.18 bits per heavy atom. The number of hydrogen-bond acceptors (Lipinski definition) is 4. The highest BCUT2D eigenvalue weighted by molar-refractivity contribution is 5.91. The molecule has 0 aliphatic heterocycles. The predicted octanol–water partition coefficient (Wildman–Crippen LogP) is 2.60. The van der Waals surface area contributed by atoms with Crippen molar-refractivity contribution in [3.8, 4) is 6.07 Å². The van der Waals surface area contributed by atoms with E-state index >= 15 is 0 Å². The molecule has 0 radical (unpaired) electrons. The molecule has 0 saturated heterocycles. The molecule has 17 heavy (non-hydrogen) atoms. The summed E-state index contributed by atoms with van der Waals surface area (Å²) in [5.41, 5.74) is -0.135. The van der Waals surface area contributed by atoms with Crippen LogP contribution in [0.15, 0.2) is 12.2 Å². The first-order chi connectivity index (χ1) is 8.22. The number of nitriles is 1. The van der Waals surface area contributed by atoms with Gasteiger partial charge in [0, 0.05) is 13.7 Å². The van der Waals surface area contributed by atoms with Gasteiger partial charge in [0.25, 0.3) is 0 Å². The lowest BCUT2D eigenvalue weighted by Crippen LogP contribution is -2.06. The Morgan fingerprint density at radius 2 is 1.65 bits per heavy atom. The van der Waals surface area contributed by atoms with Crippen LogP contribution in [0.25, 0.3) is 0 Å². The van der Waals surface area contributed by atoms with Crippen LogP contribution in [0.1, 0.15) is 38.5 Å². The molecule has 0 N–H and O–H groups in total. The summed E-state index contributed by atoms with van der Waals surface area (Å²) >= 11 is 0. The Morgan fingerprint density at radius 1 is 1.12 bits per heavy atom. The summed E-state index contributed by atoms with van der Waals surface area (Å²) < 4.78 is 9.81. The first-order valence-corrected chi connectivity index (χ1v) is 5.97. The Labute approximate surface area is 103 Å². The minimum Gasteiger partial charge on any atom is -0.462 e. The maximum Gasteiger partial charge on any atom is 0.348 e. The van der Waals surface area contributed by atoms with Crippen LogP contribution in [-0.2, 0) is 14.3 Å². The lowest BCUT2D eigenvalue weighted by atomic mass is 10.1. The van der Waals surface area contributed by atoms with Crippen molar-refractivity contribution in [3.63, 3.8) is 0 Å². The molecule has 0 fully saturated rings. The van der Waals surface area contributed by atoms with E-state index in [0.717, 1.165) is 32.3 Å². The molecule has 0 aliphatic carbocycles. The second-order valence-electron chi connectivity index (χ2n) is 3.84. The molecule has 0 aliphatic rings. The standard InChI is InChI=1S/C13H21NO3/c1-12(11-14)13(15)17-10-8-6-4-3-5-7-9-16-2/h1,3-10H2,2H3. The van der Waals surface area contributed by atoms with Crippen molar-refractivity contribution in [3.05, 3.63) is 12.2 Å². The summed E-state index contributed by atoms with van der Waals surface area (Å²) in [5.74, 6) is -0.604. The van der Waals surface area contributed by atoms with Gasteiger partial charge in [-0.25, -0.2) is 4.79 Å². The van der Waals surface area contributed by atoms with Crippen LogP contribution in [0.3, 0.4) is 0 Å². The molecule has 0 atom stereocenters. The van der Waals surface area contributed by atoms with Crippen LogP contribution in [-0.4, -0.2) is 26.3 Å². The van der Waals surface area contributed by atoms with Gasteiger partial charge in [-0.05, 0) is 12.8 Å². The van der Waals surface area contributed by atoms with Crippen molar-refractivity contribution >= 4 is 5.97 Å². The molecule has 0 aromatic rings. The van der Waals surface area contributed by atoms with Gasteiger partial charge >= 0.3 is 5.97 Å². The first-order valence-electron chi connectivity index (χ1n) is 5.97. The fourth-order valence-corrected chi connectivity index (χ4v) is 1.35. The van der Waals surface area contributed by atoms with Crippen molar-refractivity contribution in [1.29, 1.82) is 5.26 Å². The van der Waals surface area contributed by atoms with Crippen molar-refractivity contribution in [2.24, 2.45) is 0 Å². The number of hydrogen-bond donors (Lipinski definition) is 0. The topological polar surface area (TPSA) is 59.3 Å². The van der Waals surface area contributed by atoms with Gasteiger partial charge in [-0.3, -0.25) is 0 Å². The van der Waals surface area contributed by atoms with E-state index in [-0.39, 0.29) is 5.57 Å². The van der Waals surface area contributed by atoms with Crippen molar-refractivity contribution in [1.82, 2.24) is 0 Å². The number of ether oxygens (including phenoxy) is 2. The molecule has 0 aromatic heterocycles. The average molecular weight is 239 g/mol. The molecule has 0 heterocycles. The van der Waals surface area contributed by atoms with Crippen molar-refractivity contribution < 1.29 is 14.3 Å². The highest BCUT2D eigenvalue weighted by Crippen LogP contribution is 2.06. The molecule has 0 rings (SSSR count). The van der Waals surface area contributed by atoms with Crippen molar-refractivity contribution in [2.45, 2.75) is 38.5 Å². The highest BCUT2D eigenvalue weighted by atomic mass is 16.5. The Bertz CT molecular complexity index is 268. The van der Waals surface area contributed by atoms with Crippen LogP contribution in [0.2, 0.25) is 0 Å². The first kappa shape index (κ1) is 15.7. The number of carbonyl (C=O) groups is 1. The number of carbonyl (C=O) groups excluding carboxylic acids is 1. The molecular weight excluding hydrogens is 218 g/mol. The number of esters is 1. The largest absolute Gasteiger partial charge is 0.462 e. The smallest absolute Gasteiger partial charge is 0.348 e. The van der Waals surface area contributed by atoms with Crippen LogP contribution in [0, 0.1) is 11.3 Å². The molecule has 0 aromatic carbocycles. The summed E-state index contributed by atoms with van der Waals surface area (Å²) in [6, 6.07) is 1.66. The molecule has 0 spiro atoms. The van der Waals surface area contributed by atoms with E-state index in [1.165, 1.54) is 12.8 Å². The summed E-state index contributed by atoms with van der Waals surface area (Å²) in [6.45, 7) is 4.48. The van der Waals surface area contributed by atoms with Gasteiger partial charge in [-0.2, -0.15) is 5.26 Å². The maximum atomic E-state index is 11.0. The van der Waals surface area contributed by atoms with E-state index in [0.29, 0.717) is 6.61 Å². The van der Waals surface area contributed by atoms with E-state index in [1.807, 2.05) is 0 Å². The van der Waals surface area contributed by atoms with Gasteiger partial charge in [0.15, 0.2) is 0 Å². The number of rotatable bonds is 10. The van der Waals surface area contributed by atoms with E-state index in [9.17, 15) is 4.79 Å². The zero-order valence-electron chi connectivity index (χ0n) is 10.5. The van der Waals surface area contributed by atoms with Crippen LogP contribution < -0.4 is 0 Å². The van der Waals surface area contributed by atoms with E-state index in [1.54, 1.807) is 13.2 Å². The maximum absolute atomic E-state index is 11.0. The second-order valence-corrected chi connectivity index (χ2v) is 3.84. The Kier molecular flexibility index (Phi) is 10.3. The SMILES string of the molecule is C=C(C#N)C(=O)OCCCCCCCCOC. The fourth-order valence-electron chi connectivity index (χ4n) is 1.35. The highest BCUT2D eigenvalue weighted by Gasteiger charge is 2.06. The molecule has 96 valence electrons. The number of methoxy groups -OCH3 is 1. The predicted molar refractivity (Wildman–Crippen MR) is 65.3 cm³/mol. The minimum absolute atomic E-state index is 0.135. The fraction of sp³-hybridized carbons (Fsp3) is 0.692. The zero-order valence-corrected chi connectivity index (χ0v) is 10.5. The Hall–Kier alpha value is -1.34. The summed E-state index contributed by atoms with van der Waals surface area (Å²) in [5, 5.41) is 8.39. The summed E-state index contributed by atoms with van der Waals surface area (Å²) in [6.07, 6.45) is 6.49. The quantitative estimate of drug-likeness (QED) is 0.254. The van der Waals surface area contributed by atoms with Crippen molar-refractivity contribution in [2.75, 3.05) is 20.3 Å². The molecule has 0 saturated carbocycles. The molecular formula is C13H21NO3. The van der Waals surface area contributed by atoms with Gasteiger partial charge in [0.1, 0.15) is 11.6 Å².